The van der Waals surface area contributed by atoms with Crippen LogP contribution in [0.2, 0.25) is 0 Å². The van der Waals surface area contributed by atoms with Crippen molar-refractivity contribution in [3.8, 4) is 0 Å². The monoisotopic (exact) mass is 352 g/mol. The van der Waals surface area contributed by atoms with Crippen LogP contribution in [0.1, 0.15) is 53.7 Å². The van der Waals surface area contributed by atoms with Crippen molar-refractivity contribution >= 4 is 5.91 Å². The third-order valence-electron chi connectivity index (χ3n) is 5.10. The molecule has 0 unspecified atom stereocenters. The van der Waals surface area contributed by atoms with Crippen molar-refractivity contribution in [2.75, 3.05) is 26.2 Å². The standard InChI is InChI=1S/C21H28N4O/c1-2-6-20-19(15-22-16-24-20)21(26)23-11-14-25-12-9-18(10-13-25)17-7-4-3-5-8-17/h3-5,7-8,15-16,18H,2,6,9-14H2,1H3,(H,23,26). The Labute approximate surface area is 155 Å². The van der Waals surface area contributed by atoms with Crippen LogP contribution in [0.5, 0.6) is 0 Å². The molecule has 0 bridgehead atoms. The van der Waals surface area contributed by atoms with E-state index in [0.29, 0.717) is 18.0 Å². The number of benzene rings is 1. The molecule has 0 aliphatic carbocycles. The largest absolute Gasteiger partial charge is 0.351 e. The van der Waals surface area contributed by atoms with Crippen LogP contribution in [0.15, 0.2) is 42.9 Å². The van der Waals surface area contributed by atoms with Gasteiger partial charge in [0, 0.05) is 19.3 Å². The van der Waals surface area contributed by atoms with Crippen LogP contribution in [0.4, 0.5) is 0 Å². The molecule has 2 heterocycles. The van der Waals surface area contributed by atoms with Gasteiger partial charge in [-0.15, -0.1) is 0 Å². The molecule has 1 aliphatic rings. The minimum atomic E-state index is -0.0618. The highest BCUT2D eigenvalue weighted by atomic mass is 16.1. The van der Waals surface area contributed by atoms with Crippen LogP contribution >= 0.6 is 0 Å². The van der Waals surface area contributed by atoms with Gasteiger partial charge in [0.1, 0.15) is 6.33 Å². The van der Waals surface area contributed by atoms with E-state index in [1.165, 1.54) is 24.7 Å². The molecule has 26 heavy (non-hydrogen) atoms. The zero-order chi connectivity index (χ0) is 18.2. The van der Waals surface area contributed by atoms with Gasteiger partial charge in [-0.2, -0.15) is 0 Å². The van der Waals surface area contributed by atoms with E-state index >= 15 is 0 Å². The average Bonchev–Trinajstić information content (AvgIpc) is 2.70. The van der Waals surface area contributed by atoms with E-state index in [0.717, 1.165) is 38.2 Å². The molecule has 138 valence electrons. The van der Waals surface area contributed by atoms with Crippen molar-refractivity contribution in [3.63, 3.8) is 0 Å². The molecule has 0 atom stereocenters. The summed E-state index contributed by atoms with van der Waals surface area (Å²) in [6.07, 6.45) is 7.28. The van der Waals surface area contributed by atoms with Crippen molar-refractivity contribution in [3.05, 3.63) is 59.7 Å². The number of hydrogen-bond acceptors (Lipinski definition) is 4. The van der Waals surface area contributed by atoms with Crippen LogP contribution in [-0.4, -0.2) is 47.0 Å². The molecule has 3 rings (SSSR count). The molecule has 1 aromatic heterocycles. The van der Waals surface area contributed by atoms with E-state index in [2.05, 4.69) is 57.4 Å². The molecule has 1 amide bonds. The maximum Gasteiger partial charge on any atom is 0.254 e. The van der Waals surface area contributed by atoms with E-state index in [1.807, 2.05) is 0 Å². The summed E-state index contributed by atoms with van der Waals surface area (Å²) >= 11 is 0. The van der Waals surface area contributed by atoms with Crippen molar-refractivity contribution in [1.29, 1.82) is 0 Å². The Morgan fingerprint density at radius 1 is 1.23 bits per heavy atom. The number of carbonyl (C=O) groups is 1. The minimum Gasteiger partial charge on any atom is -0.351 e. The molecule has 1 aliphatic heterocycles. The number of likely N-dealkylation sites (tertiary alicyclic amines) is 1. The summed E-state index contributed by atoms with van der Waals surface area (Å²) < 4.78 is 0. The summed E-state index contributed by atoms with van der Waals surface area (Å²) in [7, 11) is 0. The molecule has 5 nitrogen and oxygen atoms in total. The van der Waals surface area contributed by atoms with Crippen LogP contribution < -0.4 is 5.32 Å². The van der Waals surface area contributed by atoms with Gasteiger partial charge in [0.15, 0.2) is 0 Å². The average molecular weight is 352 g/mol. The van der Waals surface area contributed by atoms with Gasteiger partial charge in [0.25, 0.3) is 5.91 Å². The van der Waals surface area contributed by atoms with Gasteiger partial charge < -0.3 is 10.2 Å². The number of piperidine rings is 1. The van der Waals surface area contributed by atoms with E-state index < -0.39 is 0 Å². The van der Waals surface area contributed by atoms with Gasteiger partial charge in [-0.05, 0) is 43.8 Å². The number of aryl methyl sites for hydroxylation is 1. The summed E-state index contributed by atoms with van der Waals surface area (Å²) in [5.41, 5.74) is 2.90. The number of nitrogens with zero attached hydrogens (tertiary/aromatic N) is 3. The van der Waals surface area contributed by atoms with Gasteiger partial charge in [-0.25, -0.2) is 9.97 Å². The summed E-state index contributed by atoms with van der Waals surface area (Å²) in [6.45, 7) is 5.82. The molecule has 0 saturated carbocycles. The van der Waals surface area contributed by atoms with Crippen LogP contribution in [0.3, 0.4) is 0 Å². The number of amides is 1. The second-order valence-corrected chi connectivity index (χ2v) is 6.92. The summed E-state index contributed by atoms with van der Waals surface area (Å²) in [5.74, 6) is 0.605. The first-order valence-electron chi connectivity index (χ1n) is 9.62. The zero-order valence-corrected chi connectivity index (χ0v) is 15.5. The highest BCUT2D eigenvalue weighted by Gasteiger charge is 2.20. The zero-order valence-electron chi connectivity index (χ0n) is 15.5. The lowest BCUT2D eigenvalue weighted by atomic mass is 9.89. The first-order valence-corrected chi connectivity index (χ1v) is 9.62. The molecule has 1 aromatic carbocycles. The van der Waals surface area contributed by atoms with Crippen LogP contribution in [-0.2, 0) is 6.42 Å². The van der Waals surface area contributed by atoms with Crippen LogP contribution in [0.25, 0.3) is 0 Å². The van der Waals surface area contributed by atoms with E-state index in [-0.39, 0.29) is 5.91 Å². The minimum absolute atomic E-state index is 0.0618. The predicted octanol–water partition coefficient (Wildman–Crippen LogP) is 3.04. The SMILES string of the molecule is CCCc1ncncc1C(=O)NCCN1CCC(c2ccccc2)CC1. The van der Waals surface area contributed by atoms with Crippen molar-refractivity contribution < 1.29 is 4.79 Å². The summed E-state index contributed by atoms with van der Waals surface area (Å²) in [4.78, 5) is 23.1. The Balaban J connectivity index is 1.43. The fourth-order valence-electron chi connectivity index (χ4n) is 3.62. The van der Waals surface area contributed by atoms with E-state index in [1.54, 1.807) is 6.20 Å². The first-order chi connectivity index (χ1) is 12.8. The van der Waals surface area contributed by atoms with Crippen molar-refractivity contribution in [1.82, 2.24) is 20.2 Å². The lowest BCUT2D eigenvalue weighted by Crippen LogP contribution is -2.39. The number of aromatic nitrogens is 2. The third-order valence-corrected chi connectivity index (χ3v) is 5.10. The smallest absolute Gasteiger partial charge is 0.254 e. The Morgan fingerprint density at radius 2 is 2.00 bits per heavy atom. The van der Waals surface area contributed by atoms with Gasteiger partial charge >= 0.3 is 0 Å². The molecule has 1 fully saturated rings. The molecular formula is C21H28N4O. The highest BCUT2D eigenvalue weighted by Crippen LogP contribution is 2.27. The van der Waals surface area contributed by atoms with Gasteiger partial charge in [-0.1, -0.05) is 43.7 Å². The Morgan fingerprint density at radius 3 is 2.73 bits per heavy atom. The molecular weight excluding hydrogens is 324 g/mol. The predicted molar refractivity (Wildman–Crippen MR) is 103 cm³/mol. The number of nitrogens with one attached hydrogen (secondary N) is 1. The first kappa shape index (κ1) is 18.5. The van der Waals surface area contributed by atoms with Crippen LogP contribution in [0, 0.1) is 0 Å². The van der Waals surface area contributed by atoms with Gasteiger partial charge in [0.2, 0.25) is 0 Å². The Kier molecular flexibility index (Phi) is 6.72. The third kappa shape index (κ3) is 4.88. The maximum absolute atomic E-state index is 12.4. The Hall–Kier alpha value is -2.27. The molecule has 0 radical (unpaired) electrons. The van der Waals surface area contributed by atoms with Gasteiger partial charge in [0.05, 0.1) is 11.3 Å². The normalized spacial score (nSPS) is 15.7. The number of rotatable bonds is 7. The van der Waals surface area contributed by atoms with E-state index in [4.69, 9.17) is 0 Å². The second kappa shape index (κ2) is 9.43. The molecule has 2 aromatic rings. The Bertz CT molecular complexity index is 696. The lowest BCUT2D eigenvalue weighted by Gasteiger charge is -2.32. The topological polar surface area (TPSA) is 58.1 Å². The summed E-state index contributed by atoms with van der Waals surface area (Å²) in [5, 5.41) is 3.03. The lowest BCUT2D eigenvalue weighted by molar-refractivity contribution is 0.0944. The molecule has 1 N–H and O–H groups in total. The highest BCUT2D eigenvalue weighted by molar-refractivity contribution is 5.94. The van der Waals surface area contributed by atoms with E-state index in [9.17, 15) is 4.79 Å². The fourth-order valence-corrected chi connectivity index (χ4v) is 3.62. The van der Waals surface area contributed by atoms with Crippen molar-refractivity contribution in [2.24, 2.45) is 0 Å². The fraction of sp³-hybridized carbons (Fsp3) is 0.476. The molecule has 1 saturated heterocycles. The molecule has 0 spiro atoms. The number of carbonyl (C=O) groups excluding carboxylic acids is 1. The quantitative estimate of drug-likeness (QED) is 0.832. The number of hydrogen-bond donors (Lipinski definition) is 1. The van der Waals surface area contributed by atoms with Gasteiger partial charge in [-0.3, -0.25) is 4.79 Å². The summed E-state index contributed by atoms with van der Waals surface area (Å²) in [6, 6.07) is 10.8. The van der Waals surface area contributed by atoms with Crippen molar-refractivity contribution in [2.45, 2.75) is 38.5 Å². The maximum atomic E-state index is 12.4. The second-order valence-electron chi connectivity index (χ2n) is 6.92. The molecule has 5 heteroatoms.